The van der Waals surface area contributed by atoms with Crippen LogP contribution in [0.15, 0.2) is 34.9 Å². The Kier molecular flexibility index (Phi) is 3.44. The van der Waals surface area contributed by atoms with Crippen LogP contribution < -0.4 is 4.74 Å². The van der Waals surface area contributed by atoms with E-state index in [2.05, 4.69) is 5.16 Å². The summed E-state index contributed by atoms with van der Waals surface area (Å²) in [6.07, 6.45) is -0.774. The second-order valence-corrected chi connectivity index (χ2v) is 3.70. The molecule has 90 valence electrons. The lowest BCUT2D eigenvalue weighted by molar-refractivity contribution is 0.210. The van der Waals surface area contributed by atoms with E-state index in [1.165, 1.54) is 0 Å². The van der Waals surface area contributed by atoms with Gasteiger partial charge in [-0.15, -0.1) is 0 Å². The molecule has 0 fully saturated rings. The van der Waals surface area contributed by atoms with Gasteiger partial charge in [0.25, 0.3) is 5.88 Å². The predicted octanol–water partition coefficient (Wildman–Crippen LogP) is 2.46. The van der Waals surface area contributed by atoms with Crippen LogP contribution in [-0.4, -0.2) is 16.9 Å². The molecule has 1 aromatic heterocycles. The van der Waals surface area contributed by atoms with Gasteiger partial charge in [0, 0.05) is 0 Å². The van der Waals surface area contributed by atoms with E-state index in [1.807, 2.05) is 37.3 Å². The van der Waals surface area contributed by atoms with Gasteiger partial charge in [-0.3, -0.25) is 0 Å². The Labute approximate surface area is 99.8 Å². The smallest absolute Gasteiger partial charge is 0.260 e. The fraction of sp³-hybridized carbons (Fsp3) is 0.308. The summed E-state index contributed by atoms with van der Waals surface area (Å²) in [5.41, 5.74) is 1.39. The van der Waals surface area contributed by atoms with Crippen LogP contribution in [0.2, 0.25) is 0 Å². The van der Waals surface area contributed by atoms with Crippen molar-refractivity contribution < 1.29 is 14.4 Å². The maximum absolute atomic E-state index is 10.3. The first-order valence-corrected chi connectivity index (χ1v) is 5.56. The second-order valence-electron chi connectivity index (χ2n) is 3.70. The van der Waals surface area contributed by atoms with E-state index in [0.29, 0.717) is 23.8 Å². The van der Waals surface area contributed by atoms with Crippen LogP contribution in [0.3, 0.4) is 0 Å². The maximum Gasteiger partial charge on any atom is 0.260 e. The third-order valence-corrected chi connectivity index (χ3v) is 2.54. The second kappa shape index (κ2) is 5.01. The fourth-order valence-corrected chi connectivity index (χ4v) is 1.71. The number of nitrogens with zero attached hydrogens (tertiary/aromatic N) is 1. The number of aryl methyl sites for hydroxylation is 1. The number of aliphatic hydroxyl groups excluding tert-OH is 1. The van der Waals surface area contributed by atoms with Crippen molar-refractivity contribution in [2.45, 2.75) is 20.0 Å². The van der Waals surface area contributed by atoms with Crippen molar-refractivity contribution in [1.82, 2.24) is 5.16 Å². The topological polar surface area (TPSA) is 55.5 Å². The minimum absolute atomic E-state index is 0.362. The Bertz CT molecular complexity index is 479. The summed E-state index contributed by atoms with van der Waals surface area (Å²) in [6, 6.07) is 9.36. The normalized spacial score (nSPS) is 12.4. The van der Waals surface area contributed by atoms with E-state index in [4.69, 9.17) is 9.26 Å². The monoisotopic (exact) mass is 233 g/mol. The molecule has 0 radical (unpaired) electrons. The van der Waals surface area contributed by atoms with Crippen LogP contribution in [0.25, 0.3) is 0 Å². The summed E-state index contributed by atoms with van der Waals surface area (Å²) in [6.45, 7) is 4.11. The van der Waals surface area contributed by atoms with E-state index in [1.54, 1.807) is 6.92 Å². The first-order valence-electron chi connectivity index (χ1n) is 5.56. The van der Waals surface area contributed by atoms with Crippen molar-refractivity contribution in [3.05, 3.63) is 47.2 Å². The van der Waals surface area contributed by atoms with Crippen LogP contribution in [0.4, 0.5) is 0 Å². The van der Waals surface area contributed by atoms with E-state index in [0.717, 1.165) is 5.56 Å². The van der Waals surface area contributed by atoms with Gasteiger partial charge in [-0.25, -0.2) is 0 Å². The lowest BCUT2D eigenvalue weighted by Gasteiger charge is -2.11. The van der Waals surface area contributed by atoms with Gasteiger partial charge in [-0.2, -0.15) is 0 Å². The number of aliphatic hydroxyl groups is 1. The van der Waals surface area contributed by atoms with Crippen LogP contribution >= 0.6 is 0 Å². The van der Waals surface area contributed by atoms with Gasteiger partial charge in [-0.05, 0) is 24.6 Å². The van der Waals surface area contributed by atoms with Crippen molar-refractivity contribution in [3.8, 4) is 5.88 Å². The van der Waals surface area contributed by atoms with Crippen LogP contribution in [0.1, 0.15) is 29.9 Å². The Hall–Kier alpha value is -1.81. The molecule has 0 spiro atoms. The lowest BCUT2D eigenvalue weighted by Crippen LogP contribution is -2.03. The molecule has 0 aliphatic carbocycles. The molecule has 1 unspecified atom stereocenters. The highest BCUT2D eigenvalue weighted by atomic mass is 16.5. The van der Waals surface area contributed by atoms with Gasteiger partial charge < -0.3 is 14.4 Å². The zero-order valence-corrected chi connectivity index (χ0v) is 9.88. The molecule has 1 aromatic carbocycles. The van der Waals surface area contributed by atoms with Gasteiger partial charge >= 0.3 is 0 Å². The molecule has 1 atom stereocenters. The van der Waals surface area contributed by atoms with Gasteiger partial charge in [-0.1, -0.05) is 30.3 Å². The lowest BCUT2D eigenvalue weighted by atomic mass is 10.0. The molecular formula is C13H15NO3. The molecule has 0 bridgehead atoms. The quantitative estimate of drug-likeness (QED) is 0.881. The standard InChI is InChI=1S/C13H15NO3/c1-3-16-13-11(9(2)17-14-13)12(15)10-7-5-4-6-8-10/h4-8,12,15H,3H2,1-2H3. The van der Waals surface area contributed by atoms with E-state index in [-0.39, 0.29) is 0 Å². The van der Waals surface area contributed by atoms with Crippen molar-refractivity contribution >= 4 is 0 Å². The minimum Gasteiger partial charge on any atom is -0.476 e. The SMILES string of the molecule is CCOc1noc(C)c1C(O)c1ccccc1. The average molecular weight is 233 g/mol. The van der Waals surface area contributed by atoms with E-state index < -0.39 is 6.10 Å². The van der Waals surface area contributed by atoms with Gasteiger partial charge in [0.15, 0.2) is 0 Å². The predicted molar refractivity (Wildman–Crippen MR) is 62.9 cm³/mol. The number of aromatic nitrogens is 1. The largest absolute Gasteiger partial charge is 0.476 e. The summed E-state index contributed by atoms with van der Waals surface area (Å²) < 4.78 is 10.4. The molecule has 0 saturated carbocycles. The summed E-state index contributed by atoms with van der Waals surface area (Å²) in [5, 5.41) is 14.1. The van der Waals surface area contributed by atoms with Gasteiger partial charge in [0.2, 0.25) is 0 Å². The van der Waals surface area contributed by atoms with Crippen LogP contribution in [0.5, 0.6) is 5.88 Å². The Morgan fingerprint density at radius 2 is 2.06 bits per heavy atom. The Morgan fingerprint density at radius 1 is 1.35 bits per heavy atom. The number of ether oxygens (including phenoxy) is 1. The summed E-state index contributed by atoms with van der Waals surface area (Å²) >= 11 is 0. The van der Waals surface area contributed by atoms with Crippen molar-refractivity contribution in [2.75, 3.05) is 6.61 Å². The highest BCUT2D eigenvalue weighted by Crippen LogP contribution is 2.32. The zero-order valence-electron chi connectivity index (χ0n) is 9.88. The minimum atomic E-state index is -0.774. The van der Waals surface area contributed by atoms with Gasteiger partial charge in [0.05, 0.1) is 12.2 Å². The van der Waals surface area contributed by atoms with Crippen molar-refractivity contribution in [3.63, 3.8) is 0 Å². The molecule has 2 aromatic rings. The number of hydrogen-bond donors (Lipinski definition) is 1. The zero-order chi connectivity index (χ0) is 12.3. The highest BCUT2D eigenvalue weighted by Gasteiger charge is 2.22. The molecule has 17 heavy (non-hydrogen) atoms. The third kappa shape index (κ3) is 2.31. The molecule has 1 N–H and O–H groups in total. The third-order valence-electron chi connectivity index (χ3n) is 2.54. The molecule has 4 heteroatoms. The fourth-order valence-electron chi connectivity index (χ4n) is 1.71. The van der Waals surface area contributed by atoms with E-state index in [9.17, 15) is 5.11 Å². The molecule has 0 aliphatic heterocycles. The van der Waals surface area contributed by atoms with Gasteiger partial charge in [0.1, 0.15) is 11.9 Å². The molecule has 0 amide bonds. The number of hydrogen-bond acceptors (Lipinski definition) is 4. The number of benzene rings is 1. The van der Waals surface area contributed by atoms with Crippen molar-refractivity contribution in [1.29, 1.82) is 0 Å². The number of rotatable bonds is 4. The first kappa shape index (κ1) is 11.7. The van der Waals surface area contributed by atoms with Crippen LogP contribution in [-0.2, 0) is 0 Å². The summed E-state index contributed by atoms with van der Waals surface area (Å²) in [4.78, 5) is 0. The highest BCUT2D eigenvalue weighted by molar-refractivity contribution is 5.37. The summed E-state index contributed by atoms with van der Waals surface area (Å²) in [5.74, 6) is 0.936. The summed E-state index contributed by atoms with van der Waals surface area (Å²) in [7, 11) is 0. The van der Waals surface area contributed by atoms with E-state index >= 15 is 0 Å². The molecule has 2 rings (SSSR count). The Morgan fingerprint density at radius 3 is 2.71 bits per heavy atom. The molecule has 0 aliphatic rings. The molecule has 1 heterocycles. The Balaban J connectivity index is 2.36. The molecular weight excluding hydrogens is 218 g/mol. The molecule has 0 saturated heterocycles. The maximum atomic E-state index is 10.3. The average Bonchev–Trinajstić information content (AvgIpc) is 2.71. The first-order chi connectivity index (χ1) is 8.24. The molecule has 4 nitrogen and oxygen atoms in total. The van der Waals surface area contributed by atoms with Crippen LogP contribution in [0, 0.1) is 6.92 Å². The van der Waals surface area contributed by atoms with Crippen molar-refractivity contribution in [2.24, 2.45) is 0 Å².